The molecule has 2 aliphatic rings. The Morgan fingerprint density at radius 2 is 1.88 bits per heavy atom. The van der Waals surface area contributed by atoms with Gasteiger partial charge in [0, 0.05) is 42.2 Å². The van der Waals surface area contributed by atoms with Gasteiger partial charge in [-0.3, -0.25) is 9.69 Å². The molecule has 33 heavy (non-hydrogen) atoms. The molecule has 0 spiro atoms. The number of fused-ring (bicyclic) bond motifs is 1. The highest BCUT2D eigenvalue weighted by Gasteiger charge is 2.34. The number of furan rings is 1. The predicted octanol–water partition coefficient (Wildman–Crippen LogP) is 4.82. The fraction of sp³-hybridized carbons (Fsp3) is 0.423. The number of hydrogen-bond acceptors (Lipinski definition) is 6. The van der Waals surface area contributed by atoms with E-state index in [9.17, 15) is 4.79 Å². The van der Waals surface area contributed by atoms with Gasteiger partial charge in [0.25, 0.3) is 5.91 Å². The number of anilines is 1. The minimum absolute atomic E-state index is 0.0276. The van der Waals surface area contributed by atoms with Crippen molar-refractivity contribution in [2.75, 3.05) is 45.7 Å². The number of methoxy groups -OCH3 is 1. The van der Waals surface area contributed by atoms with E-state index in [1.807, 2.05) is 12.1 Å². The zero-order chi connectivity index (χ0) is 22.8. The molecule has 3 aromatic rings. The van der Waals surface area contributed by atoms with Gasteiger partial charge < -0.3 is 19.4 Å². The van der Waals surface area contributed by atoms with Gasteiger partial charge in [0.2, 0.25) is 0 Å². The average molecular weight is 466 g/mol. The first-order chi connectivity index (χ1) is 16.2. The summed E-state index contributed by atoms with van der Waals surface area (Å²) in [4.78, 5) is 19.3. The normalized spacial score (nSPS) is 18.0. The Labute approximate surface area is 199 Å². The molecule has 3 heterocycles. The quantitative estimate of drug-likeness (QED) is 0.566. The third kappa shape index (κ3) is 4.45. The van der Waals surface area contributed by atoms with Crippen molar-refractivity contribution in [1.29, 1.82) is 0 Å². The van der Waals surface area contributed by atoms with E-state index < -0.39 is 0 Å². The number of likely N-dealkylation sites (N-methyl/N-ethyl adjacent to an activating group) is 1. The third-order valence-electron chi connectivity index (χ3n) is 6.79. The van der Waals surface area contributed by atoms with E-state index in [1.165, 1.54) is 35.1 Å². The number of nitrogens with zero attached hydrogens (tertiary/aromatic N) is 2. The predicted molar refractivity (Wildman–Crippen MR) is 132 cm³/mol. The van der Waals surface area contributed by atoms with E-state index in [-0.39, 0.29) is 11.9 Å². The molecule has 5 rings (SSSR count). The summed E-state index contributed by atoms with van der Waals surface area (Å²) in [5.74, 6) is 1.03. The highest BCUT2D eigenvalue weighted by Crippen LogP contribution is 2.47. The van der Waals surface area contributed by atoms with Crippen LogP contribution in [0.5, 0.6) is 5.75 Å². The molecular weight excluding hydrogens is 434 g/mol. The van der Waals surface area contributed by atoms with Crippen molar-refractivity contribution in [2.45, 2.75) is 31.7 Å². The fourth-order valence-electron chi connectivity index (χ4n) is 5.05. The Kier molecular flexibility index (Phi) is 6.53. The molecule has 0 bridgehead atoms. The van der Waals surface area contributed by atoms with Gasteiger partial charge in [0.05, 0.1) is 19.4 Å². The molecule has 1 unspecified atom stereocenters. The number of piperazine rings is 1. The zero-order valence-electron chi connectivity index (χ0n) is 19.3. The first kappa shape index (κ1) is 22.2. The molecule has 0 saturated carbocycles. The lowest BCUT2D eigenvalue weighted by Gasteiger charge is -2.39. The Bertz CT molecular complexity index is 1100. The van der Waals surface area contributed by atoms with Crippen molar-refractivity contribution in [3.05, 3.63) is 70.0 Å². The summed E-state index contributed by atoms with van der Waals surface area (Å²) in [5, 5.41) is 4.16. The summed E-state index contributed by atoms with van der Waals surface area (Å²) in [6, 6.07) is 11.8. The molecule has 1 aliphatic heterocycles. The number of aryl methyl sites for hydroxylation is 1. The van der Waals surface area contributed by atoms with Crippen LogP contribution in [0.15, 0.2) is 47.1 Å². The topological polar surface area (TPSA) is 58.0 Å². The fourth-order valence-corrected chi connectivity index (χ4v) is 6.37. The van der Waals surface area contributed by atoms with Gasteiger partial charge in [-0.05, 0) is 56.5 Å². The van der Waals surface area contributed by atoms with Crippen LogP contribution >= 0.6 is 11.3 Å². The molecule has 1 saturated heterocycles. The highest BCUT2D eigenvalue weighted by molar-refractivity contribution is 7.16. The molecule has 1 amide bonds. The van der Waals surface area contributed by atoms with Gasteiger partial charge in [0.15, 0.2) is 5.76 Å². The summed E-state index contributed by atoms with van der Waals surface area (Å²) in [6.45, 7) is 3.98. The maximum Gasteiger partial charge on any atom is 0.291 e. The lowest BCUT2D eigenvalue weighted by molar-refractivity contribution is 0.0996. The van der Waals surface area contributed by atoms with E-state index >= 15 is 0 Å². The van der Waals surface area contributed by atoms with Crippen LogP contribution in [0.2, 0.25) is 0 Å². The van der Waals surface area contributed by atoms with Gasteiger partial charge in [-0.2, -0.15) is 0 Å². The van der Waals surface area contributed by atoms with Crippen LogP contribution in [0, 0.1) is 0 Å². The minimum Gasteiger partial charge on any atom is -0.496 e. The molecule has 2 aromatic heterocycles. The van der Waals surface area contributed by atoms with Crippen molar-refractivity contribution >= 4 is 22.2 Å². The van der Waals surface area contributed by atoms with Gasteiger partial charge in [-0.1, -0.05) is 18.2 Å². The number of hydrogen-bond donors (Lipinski definition) is 1. The van der Waals surface area contributed by atoms with E-state index in [0.29, 0.717) is 5.76 Å². The Morgan fingerprint density at radius 3 is 2.64 bits per heavy atom. The zero-order valence-corrected chi connectivity index (χ0v) is 20.1. The maximum atomic E-state index is 13.0. The third-order valence-corrected chi connectivity index (χ3v) is 8.02. The number of ether oxygens (including phenoxy) is 1. The molecule has 174 valence electrons. The number of thiophene rings is 1. The standard InChI is InChI=1S/C26H31N3O3S/c1-28-13-15-29(16-14-28)24(18-8-3-5-10-20(18)31-2)23-19-9-4-6-12-22(19)33-26(23)27-25(30)21-11-7-17-32-21/h3,5,7-8,10-11,17,24H,4,6,9,12-16H2,1-2H3,(H,27,30). The molecule has 0 radical (unpaired) electrons. The second-order valence-corrected chi connectivity index (χ2v) is 9.97. The number of amides is 1. The van der Waals surface area contributed by atoms with Crippen LogP contribution in [-0.4, -0.2) is 56.0 Å². The highest BCUT2D eigenvalue weighted by atomic mass is 32.1. The molecule has 1 fully saturated rings. The Hall–Kier alpha value is -2.61. The molecule has 1 N–H and O–H groups in total. The van der Waals surface area contributed by atoms with Crippen molar-refractivity contribution in [3.63, 3.8) is 0 Å². The lowest BCUT2D eigenvalue weighted by Crippen LogP contribution is -2.46. The van der Waals surface area contributed by atoms with Crippen LogP contribution in [0.3, 0.4) is 0 Å². The van der Waals surface area contributed by atoms with Gasteiger partial charge in [0.1, 0.15) is 10.8 Å². The van der Waals surface area contributed by atoms with Crippen LogP contribution in [-0.2, 0) is 12.8 Å². The van der Waals surface area contributed by atoms with Crippen molar-refractivity contribution in [2.24, 2.45) is 0 Å². The summed E-state index contributed by atoms with van der Waals surface area (Å²) >= 11 is 1.74. The van der Waals surface area contributed by atoms with Crippen LogP contribution in [0.25, 0.3) is 0 Å². The first-order valence-corrected chi connectivity index (χ1v) is 12.5. The Balaban J connectivity index is 1.63. The van der Waals surface area contributed by atoms with Crippen LogP contribution in [0.1, 0.15) is 51.0 Å². The van der Waals surface area contributed by atoms with E-state index in [2.05, 4.69) is 34.3 Å². The second kappa shape index (κ2) is 9.71. The summed E-state index contributed by atoms with van der Waals surface area (Å²) in [5.41, 5.74) is 3.81. The van der Waals surface area contributed by atoms with Crippen LogP contribution < -0.4 is 10.1 Å². The number of nitrogens with one attached hydrogen (secondary N) is 1. The van der Waals surface area contributed by atoms with Crippen molar-refractivity contribution in [1.82, 2.24) is 9.80 Å². The minimum atomic E-state index is -0.197. The molecule has 1 aliphatic carbocycles. The molecule has 6 nitrogen and oxygen atoms in total. The molecule has 1 atom stereocenters. The molecular formula is C26H31N3O3S. The van der Waals surface area contributed by atoms with Gasteiger partial charge in [-0.15, -0.1) is 11.3 Å². The van der Waals surface area contributed by atoms with E-state index in [1.54, 1.807) is 30.6 Å². The van der Waals surface area contributed by atoms with Gasteiger partial charge >= 0.3 is 0 Å². The maximum absolute atomic E-state index is 13.0. The summed E-state index contributed by atoms with van der Waals surface area (Å²) in [7, 11) is 3.92. The number of benzene rings is 1. The number of para-hydroxylation sites is 1. The number of rotatable bonds is 6. The van der Waals surface area contributed by atoms with Crippen LogP contribution in [0.4, 0.5) is 5.00 Å². The van der Waals surface area contributed by atoms with E-state index in [4.69, 9.17) is 9.15 Å². The largest absolute Gasteiger partial charge is 0.496 e. The van der Waals surface area contributed by atoms with Crippen molar-refractivity contribution < 1.29 is 13.9 Å². The lowest BCUT2D eigenvalue weighted by atomic mass is 9.88. The second-order valence-electron chi connectivity index (χ2n) is 8.87. The summed E-state index contributed by atoms with van der Waals surface area (Å²) < 4.78 is 11.2. The molecule has 7 heteroatoms. The van der Waals surface area contributed by atoms with E-state index in [0.717, 1.165) is 55.3 Å². The molecule has 1 aromatic carbocycles. The number of carbonyl (C=O) groups excluding carboxylic acids is 1. The first-order valence-electron chi connectivity index (χ1n) is 11.7. The average Bonchev–Trinajstić information content (AvgIpc) is 3.50. The smallest absolute Gasteiger partial charge is 0.291 e. The SMILES string of the molecule is COc1ccccc1C(c1c(NC(=O)c2ccco2)sc2c1CCCC2)N1CCN(C)CC1. The van der Waals surface area contributed by atoms with Crippen molar-refractivity contribution in [3.8, 4) is 5.75 Å². The Morgan fingerprint density at radius 1 is 1.09 bits per heavy atom. The monoisotopic (exact) mass is 465 g/mol. The summed E-state index contributed by atoms with van der Waals surface area (Å²) in [6.07, 6.45) is 6.05. The number of carbonyl (C=O) groups is 1. The van der Waals surface area contributed by atoms with Gasteiger partial charge in [-0.25, -0.2) is 0 Å².